The van der Waals surface area contributed by atoms with E-state index in [1.165, 1.54) is 6.92 Å². The van der Waals surface area contributed by atoms with Gasteiger partial charge in [0.25, 0.3) is 0 Å². The first-order chi connectivity index (χ1) is 9.38. The van der Waals surface area contributed by atoms with Gasteiger partial charge in [0, 0.05) is 5.57 Å². The molecule has 0 saturated carbocycles. The van der Waals surface area contributed by atoms with Crippen LogP contribution in [0.5, 0.6) is 0 Å². The van der Waals surface area contributed by atoms with Crippen LogP contribution in [-0.2, 0) is 23.1 Å². The van der Waals surface area contributed by atoms with Crippen LogP contribution in [0.3, 0.4) is 0 Å². The maximum atomic E-state index is 12.5. The molecule has 1 unspecified atom stereocenters. The molecular formula is C13H25O6P. The van der Waals surface area contributed by atoms with Gasteiger partial charge in [-0.05, 0) is 19.8 Å². The lowest BCUT2D eigenvalue weighted by molar-refractivity contribution is -0.145. The van der Waals surface area contributed by atoms with Crippen molar-refractivity contribution >= 4 is 13.6 Å². The lowest BCUT2D eigenvalue weighted by Gasteiger charge is -2.22. The van der Waals surface area contributed by atoms with Gasteiger partial charge < -0.3 is 18.9 Å². The Morgan fingerprint density at radius 2 is 1.75 bits per heavy atom. The van der Waals surface area contributed by atoms with Gasteiger partial charge in [0.15, 0.2) is 0 Å². The van der Waals surface area contributed by atoms with Crippen molar-refractivity contribution in [2.75, 3.05) is 26.0 Å². The summed E-state index contributed by atoms with van der Waals surface area (Å²) in [4.78, 5) is 11.4. The van der Waals surface area contributed by atoms with E-state index in [9.17, 15) is 14.5 Å². The van der Waals surface area contributed by atoms with Crippen LogP contribution in [0, 0.1) is 0 Å². The first-order valence-corrected chi connectivity index (χ1v) is 8.46. The van der Waals surface area contributed by atoms with Crippen molar-refractivity contribution in [3.05, 3.63) is 12.2 Å². The summed E-state index contributed by atoms with van der Waals surface area (Å²) >= 11 is 0. The molecule has 1 atom stereocenters. The lowest BCUT2D eigenvalue weighted by Crippen LogP contribution is -2.27. The molecule has 0 aliphatic heterocycles. The second-order valence-corrected chi connectivity index (χ2v) is 6.55. The molecule has 0 radical (unpaired) electrons. The number of hydrogen-bond acceptors (Lipinski definition) is 6. The first kappa shape index (κ1) is 19.3. The van der Waals surface area contributed by atoms with E-state index in [4.69, 9.17) is 13.8 Å². The predicted molar refractivity (Wildman–Crippen MR) is 76.7 cm³/mol. The van der Waals surface area contributed by atoms with Gasteiger partial charge in [0.1, 0.15) is 6.10 Å². The Hall–Kier alpha value is -0.680. The van der Waals surface area contributed by atoms with Crippen LogP contribution in [0.15, 0.2) is 12.2 Å². The highest BCUT2D eigenvalue weighted by atomic mass is 31.2. The zero-order valence-electron chi connectivity index (χ0n) is 12.5. The third kappa shape index (κ3) is 7.80. The monoisotopic (exact) mass is 308 g/mol. The molecular weight excluding hydrogens is 283 g/mol. The van der Waals surface area contributed by atoms with Crippen molar-refractivity contribution in [2.45, 2.75) is 39.7 Å². The van der Waals surface area contributed by atoms with Gasteiger partial charge in [0.05, 0.1) is 26.0 Å². The normalized spacial score (nSPS) is 13.0. The molecule has 0 amide bonds. The van der Waals surface area contributed by atoms with Crippen LogP contribution >= 0.6 is 7.60 Å². The van der Waals surface area contributed by atoms with Crippen LogP contribution < -0.4 is 0 Å². The summed E-state index contributed by atoms with van der Waals surface area (Å²) in [5, 5.41) is 9.23. The quantitative estimate of drug-likeness (QED) is 0.359. The Labute approximate surface area is 120 Å². The average Bonchev–Trinajstić information content (AvgIpc) is 2.42. The third-order valence-electron chi connectivity index (χ3n) is 2.24. The second-order valence-electron chi connectivity index (χ2n) is 4.45. The topological polar surface area (TPSA) is 82.1 Å². The number of hydrogen-bond donors (Lipinski definition) is 1. The van der Waals surface area contributed by atoms with Gasteiger partial charge in [-0.2, -0.15) is 0 Å². The van der Waals surface area contributed by atoms with E-state index in [1.54, 1.807) is 0 Å². The molecule has 0 aromatic heterocycles. The Morgan fingerprint density at radius 3 is 2.10 bits per heavy atom. The van der Waals surface area contributed by atoms with Crippen LogP contribution in [0.4, 0.5) is 0 Å². The van der Waals surface area contributed by atoms with Crippen LogP contribution in [0.2, 0.25) is 0 Å². The van der Waals surface area contributed by atoms with Gasteiger partial charge in [-0.3, -0.25) is 4.57 Å². The molecule has 0 bridgehead atoms. The van der Waals surface area contributed by atoms with E-state index in [2.05, 4.69) is 6.58 Å². The minimum absolute atomic E-state index is 0.164. The van der Waals surface area contributed by atoms with E-state index in [-0.39, 0.29) is 24.9 Å². The minimum atomic E-state index is -3.38. The molecule has 0 aromatic carbocycles. The fourth-order valence-electron chi connectivity index (χ4n) is 1.24. The van der Waals surface area contributed by atoms with Crippen molar-refractivity contribution in [1.82, 2.24) is 0 Å². The van der Waals surface area contributed by atoms with Gasteiger partial charge in [-0.15, -0.1) is 0 Å². The van der Waals surface area contributed by atoms with E-state index >= 15 is 0 Å². The summed E-state index contributed by atoms with van der Waals surface area (Å²) in [5.74, 6) is -0.637. The molecule has 0 heterocycles. The zero-order valence-corrected chi connectivity index (χ0v) is 13.4. The Kier molecular flexibility index (Phi) is 9.76. The first-order valence-electron chi connectivity index (χ1n) is 6.74. The number of carbonyl (C=O) groups excluding carboxylic acids is 1. The number of carbonyl (C=O) groups is 1. The Morgan fingerprint density at radius 1 is 1.25 bits per heavy atom. The van der Waals surface area contributed by atoms with Crippen molar-refractivity contribution in [2.24, 2.45) is 0 Å². The fraction of sp³-hybridized carbons (Fsp3) is 0.769. The zero-order chi connectivity index (χ0) is 15.6. The fourth-order valence-corrected chi connectivity index (χ4v) is 3.13. The highest BCUT2D eigenvalue weighted by Crippen LogP contribution is 2.49. The average molecular weight is 308 g/mol. The number of aliphatic hydroxyl groups excluding tert-OH is 1. The molecule has 0 aliphatic carbocycles. The minimum Gasteiger partial charge on any atom is -0.456 e. The van der Waals surface area contributed by atoms with Gasteiger partial charge in [-0.1, -0.05) is 20.4 Å². The molecule has 0 saturated heterocycles. The maximum absolute atomic E-state index is 12.5. The van der Waals surface area contributed by atoms with Crippen LogP contribution in [0.1, 0.15) is 33.6 Å². The molecule has 0 aromatic rings. The molecule has 0 fully saturated rings. The Balaban J connectivity index is 4.68. The van der Waals surface area contributed by atoms with Crippen molar-refractivity contribution in [3.63, 3.8) is 0 Å². The van der Waals surface area contributed by atoms with E-state index < -0.39 is 26.3 Å². The maximum Gasteiger partial charge on any atom is 0.334 e. The molecule has 0 rings (SSSR count). The van der Waals surface area contributed by atoms with Crippen LogP contribution in [0.25, 0.3) is 0 Å². The lowest BCUT2D eigenvalue weighted by atomic mass is 10.3. The summed E-state index contributed by atoms with van der Waals surface area (Å²) in [6.45, 7) is 8.84. The molecule has 20 heavy (non-hydrogen) atoms. The van der Waals surface area contributed by atoms with Crippen molar-refractivity contribution in [3.8, 4) is 0 Å². The van der Waals surface area contributed by atoms with Gasteiger partial charge in [0.2, 0.25) is 0 Å². The molecule has 6 nitrogen and oxygen atoms in total. The molecule has 0 aliphatic rings. The Bertz CT molecular complexity index is 343. The second kappa shape index (κ2) is 10.1. The summed E-state index contributed by atoms with van der Waals surface area (Å²) in [6.07, 6.45) is 0.283. The summed E-state index contributed by atoms with van der Waals surface area (Å²) in [6, 6.07) is 0. The SMILES string of the molecule is C=C(C)C(=O)OC(CO)CP(=O)(OCCC)OCCC. The van der Waals surface area contributed by atoms with Gasteiger partial charge in [-0.25, -0.2) is 4.79 Å². The van der Waals surface area contributed by atoms with E-state index in [0.717, 1.165) is 0 Å². The summed E-state index contributed by atoms with van der Waals surface area (Å²) < 4.78 is 28.0. The van der Waals surface area contributed by atoms with Crippen molar-refractivity contribution in [1.29, 1.82) is 0 Å². The number of esters is 1. The smallest absolute Gasteiger partial charge is 0.334 e. The highest BCUT2D eigenvalue weighted by Gasteiger charge is 2.31. The van der Waals surface area contributed by atoms with Crippen LogP contribution in [-0.4, -0.2) is 43.2 Å². The van der Waals surface area contributed by atoms with Crippen molar-refractivity contribution < 1.29 is 28.3 Å². The van der Waals surface area contributed by atoms with E-state index in [0.29, 0.717) is 12.8 Å². The summed E-state index contributed by atoms with van der Waals surface area (Å²) in [5.41, 5.74) is 0.210. The standard InChI is InChI=1S/C13H25O6P/c1-5-7-17-20(16,18-8-6-2)10-12(9-14)19-13(15)11(3)4/h12,14H,3,5-10H2,1-2,4H3. The highest BCUT2D eigenvalue weighted by molar-refractivity contribution is 7.53. The number of rotatable bonds is 11. The van der Waals surface area contributed by atoms with Gasteiger partial charge >= 0.3 is 13.6 Å². The molecule has 1 N–H and O–H groups in total. The molecule has 7 heteroatoms. The van der Waals surface area contributed by atoms with E-state index in [1.807, 2.05) is 13.8 Å². The predicted octanol–water partition coefficient (Wildman–Crippen LogP) is 2.51. The molecule has 0 spiro atoms. The molecule has 118 valence electrons. The summed E-state index contributed by atoms with van der Waals surface area (Å²) in [7, 11) is -3.38. The third-order valence-corrected chi connectivity index (χ3v) is 4.24. The number of aliphatic hydroxyl groups is 1. The largest absolute Gasteiger partial charge is 0.456 e. The number of ether oxygens (including phenoxy) is 1.